The van der Waals surface area contributed by atoms with Crippen LogP contribution < -0.4 is 0 Å². The third kappa shape index (κ3) is 5.81. The molecule has 2 nitrogen and oxygen atoms in total. The molecule has 0 heterocycles. The van der Waals surface area contributed by atoms with Crippen molar-refractivity contribution in [1.29, 1.82) is 0 Å². The van der Waals surface area contributed by atoms with Crippen LogP contribution in [0.5, 0.6) is 0 Å². The van der Waals surface area contributed by atoms with E-state index in [1.165, 1.54) is 0 Å². The van der Waals surface area contributed by atoms with Crippen LogP contribution in [0.3, 0.4) is 0 Å². The molecule has 4 heteroatoms. The maximum Gasteiger partial charge on any atom is 0.130 e. The molecular weight excluding hydrogens is 272 g/mol. The van der Waals surface area contributed by atoms with Gasteiger partial charge < -0.3 is 10.5 Å². The van der Waals surface area contributed by atoms with Crippen LogP contribution in [0.1, 0.15) is 12.5 Å². The Kier molecular flexibility index (Phi) is 8.87. The second-order valence-corrected chi connectivity index (χ2v) is 3.88. The van der Waals surface area contributed by atoms with E-state index < -0.39 is 0 Å². The zero-order valence-electron chi connectivity index (χ0n) is 10.3. The van der Waals surface area contributed by atoms with Crippen molar-refractivity contribution in [3.05, 3.63) is 41.3 Å². The van der Waals surface area contributed by atoms with Crippen molar-refractivity contribution in [1.82, 2.24) is 0 Å². The molecule has 0 N–H and O–H groups in total. The Balaban J connectivity index is 0.00000225. The van der Waals surface area contributed by atoms with Crippen molar-refractivity contribution >= 4 is 12.4 Å². The zero-order chi connectivity index (χ0) is 11.1. The monoisotopic (exact) mass is 289 g/mol. The molecule has 0 aromatic heterocycles. The van der Waals surface area contributed by atoms with Gasteiger partial charge in [-0.1, -0.05) is 32.6 Å². The Morgan fingerprint density at radius 3 is 2.69 bits per heavy atom. The molecule has 0 amide bonds. The van der Waals surface area contributed by atoms with Gasteiger partial charge in [-0.15, -0.1) is 42.4 Å². The molecule has 1 radical (unpaired) electrons. The zero-order valence-corrected chi connectivity index (χ0v) is 13.1. The molecule has 0 aliphatic rings. The topological polar surface area (TPSA) is 26.5 Å². The smallest absolute Gasteiger partial charge is 0.130 e. The largest absolute Gasteiger partial charge is 0.612 e. The third-order valence-electron chi connectivity index (χ3n) is 1.95. The number of benzene rings is 1. The van der Waals surface area contributed by atoms with Gasteiger partial charge in [0, 0.05) is 32.7 Å². The van der Waals surface area contributed by atoms with Gasteiger partial charge in [-0.2, -0.15) is 0 Å². The molecule has 0 saturated carbocycles. The first-order chi connectivity index (χ1) is 7.24. The Hall–Kier alpha value is -0.141. The van der Waals surface area contributed by atoms with Gasteiger partial charge in [0.2, 0.25) is 0 Å². The molecule has 0 fully saturated rings. The summed E-state index contributed by atoms with van der Waals surface area (Å²) < 4.78 is 0. The minimum Gasteiger partial charge on any atom is -0.612 e. The van der Waals surface area contributed by atoms with Crippen molar-refractivity contribution in [3.63, 3.8) is 0 Å². The van der Waals surface area contributed by atoms with Gasteiger partial charge in [-0.05, 0) is 0 Å². The van der Waals surface area contributed by atoms with E-state index in [2.05, 4.69) is 30.2 Å². The van der Waals surface area contributed by atoms with Crippen molar-refractivity contribution in [2.24, 2.45) is 5.10 Å². The SMILES string of the molecule is CC[N-]N=C(CB(C)C)c1[c-]cccc1.[Y]. The summed E-state index contributed by atoms with van der Waals surface area (Å²) in [6.07, 6.45) is 0.948. The molecule has 0 aliphatic carbocycles. The fourth-order valence-electron chi connectivity index (χ4n) is 1.32. The summed E-state index contributed by atoms with van der Waals surface area (Å²) in [4.78, 5) is 0. The minimum atomic E-state index is 0. The summed E-state index contributed by atoms with van der Waals surface area (Å²) in [5.74, 6) is 0. The molecule has 0 atom stereocenters. The van der Waals surface area contributed by atoms with Gasteiger partial charge in [0.1, 0.15) is 6.71 Å². The molecule has 1 rings (SSSR count). The maximum absolute atomic E-state index is 4.26. The van der Waals surface area contributed by atoms with Gasteiger partial charge in [-0.25, -0.2) is 0 Å². The van der Waals surface area contributed by atoms with Gasteiger partial charge in [0.25, 0.3) is 0 Å². The van der Waals surface area contributed by atoms with Crippen molar-refractivity contribution in [2.45, 2.75) is 26.9 Å². The molecule has 1 aromatic rings. The summed E-state index contributed by atoms with van der Waals surface area (Å²) in [6, 6.07) is 11.1. The fourth-order valence-corrected chi connectivity index (χ4v) is 1.32. The fraction of sp³-hybridized carbons (Fsp3) is 0.417. The quantitative estimate of drug-likeness (QED) is 0.344. The van der Waals surface area contributed by atoms with E-state index in [1.807, 2.05) is 31.2 Å². The summed E-state index contributed by atoms with van der Waals surface area (Å²) >= 11 is 0. The Morgan fingerprint density at radius 2 is 2.19 bits per heavy atom. The van der Waals surface area contributed by atoms with Crippen LogP contribution >= 0.6 is 0 Å². The second-order valence-electron chi connectivity index (χ2n) is 3.88. The summed E-state index contributed by atoms with van der Waals surface area (Å²) in [5.41, 5.74) is 6.16. The van der Waals surface area contributed by atoms with Gasteiger partial charge in [-0.3, -0.25) is 0 Å². The summed E-state index contributed by atoms with van der Waals surface area (Å²) in [7, 11) is 0. The second kappa shape index (κ2) is 8.95. The number of hydrogen-bond donors (Lipinski definition) is 0. The molecule has 0 spiro atoms. The van der Waals surface area contributed by atoms with E-state index in [1.54, 1.807) is 0 Å². The number of rotatable bonds is 5. The van der Waals surface area contributed by atoms with Crippen LogP contribution in [0.25, 0.3) is 5.43 Å². The van der Waals surface area contributed by atoms with Crippen LogP contribution in [-0.2, 0) is 32.7 Å². The van der Waals surface area contributed by atoms with Crippen LogP contribution in [-0.4, -0.2) is 19.0 Å². The average molecular weight is 289 g/mol. The Labute approximate surface area is 124 Å². The van der Waals surface area contributed by atoms with Crippen LogP contribution in [0, 0.1) is 6.07 Å². The van der Waals surface area contributed by atoms with E-state index in [-0.39, 0.29) is 32.7 Å². The van der Waals surface area contributed by atoms with Crippen LogP contribution in [0.15, 0.2) is 29.4 Å². The Bertz CT molecular complexity index is 312. The van der Waals surface area contributed by atoms with E-state index in [9.17, 15) is 0 Å². The van der Waals surface area contributed by atoms with Gasteiger partial charge >= 0.3 is 0 Å². The summed E-state index contributed by atoms with van der Waals surface area (Å²) in [6.45, 7) is 7.68. The molecule has 16 heavy (non-hydrogen) atoms. The van der Waals surface area contributed by atoms with E-state index in [0.29, 0.717) is 6.71 Å². The standard InChI is InChI=1S/C12H17BN2.Y/c1-4-14-15-12(10-13(2)3)11-8-6-5-7-9-11;/h5-8H,4,10H2,1-3H3;/q-2;. The molecule has 0 unspecified atom stereocenters. The van der Waals surface area contributed by atoms with Gasteiger partial charge in [0.05, 0.1) is 0 Å². The number of hydrogen-bond acceptors (Lipinski definition) is 1. The van der Waals surface area contributed by atoms with Crippen molar-refractivity contribution < 1.29 is 32.7 Å². The minimum absolute atomic E-state index is 0. The molecule has 0 saturated heterocycles. The van der Waals surface area contributed by atoms with E-state index in [0.717, 1.165) is 24.1 Å². The predicted octanol–water partition coefficient (Wildman–Crippen LogP) is 3.34. The molecule has 83 valence electrons. The average Bonchev–Trinajstić information content (AvgIpc) is 2.25. The first-order valence-corrected chi connectivity index (χ1v) is 5.44. The third-order valence-corrected chi connectivity index (χ3v) is 1.95. The first kappa shape index (κ1) is 15.9. The van der Waals surface area contributed by atoms with Crippen LogP contribution in [0.2, 0.25) is 20.0 Å². The summed E-state index contributed by atoms with van der Waals surface area (Å²) in [5, 5.41) is 4.26. The normalized spacial score (nSPS) is 10.6. The molecular formula is C12H17BN2Y-2. The first-order valence-electron chi connectivity index (χ1n) is 5.44. The van der Waals surface area contributed by atoms with Crippen molar-refractivity contribution in [2.75, 3.05) is 6.54 Å². The maximum atomic E-state index is 4.26. The van der Waals surface area contributed by atoms with Crippen molar-refractivity contribution in [3.8, 4) is 0 Å². The van der Waals surface area contributed by atoms with E-state index in [4.69, 9.17) is 0 Å². The molecule has 1 aromatic carbocycles. The van der Waals surface area contributed by atoms with E-state index >= 15 is 0 Å². The molecule has 0 aliphatic heterocycles. The Morgan fingerprint density at radius 1 is 1.44 bits per heavy atom. The van der Waals surface area contributed by atoms with Crippen LogP contribution in [0.4, 0.5) is 0 Å². The molecule has 0 bridgehead atoms. The van der Waals surface area contributed by atoms with Gasteiger partial charge in [0.15, 0.2) is 0 Å². The predicted molar refractivity (Wildman–Crippen MR) is 68.0 cm³/mol. The number of nitrogens with zero attached hydrogens (tertiary/aromatic N) is 2.